The highest BCUT2D eigenvalue weighted by molar-refractivity contribution is 7.89. The summed E-state index contributed by atoms with van der Waals surface area (Å²) < 4.78 is 36.1. The Hall–Kier alpha value is -2.58. The lowest BCUT2D eigenvalue weighted by Gasteiger charge is -2.17. The standard InChI is InChI=1S/C18H22N2O5S/c1-20(26(22,23)17-10-8-16(25-3)9-11-17)13-18(21)19-12-14-4-6-15(24-2)7-5-14/h4-11H,12-13H2,1-3H3,(H,19,21). The number of hydrogen-bond donors (Lipinski definition) is 1. The van der Waals surface area contributed by atoms with Crippen molar-refractivity contribution < 1.29 is 22.7 Å². The lowest BCUT2D eigenvalue weighted by Crippen LogP contribution is -2.38. The lowest BCUT2D eigenvalue weighted by molar-refractivity contribution is -0.121. The van der Waals surface area contributed by atoms with E-state index in [1.807, 2.05) is 12.1 Å². The molecule has 140 valence electrons. The van der Waals surface area contributed by atoms with E-state index in [2.05, 4.69) is 5.32 Å². The molecule has 0 saturated carbocycles. The molecule has 1 N–H and O–H groups in total. The van der Waals surface area contributed by atoms with Crippen LogP contribution in [0.2, 0.25) is 0 Å². The Balaban J connectivity index is 1.93. The Morgan fingerprint density at radius 1 is 0.962 bits per heavy atom. The van der Waals surface area contributed by atoms with E-state index in [9.17, 15) is 13.2 Å². The monoisotopic (exact) mass is 378 g/mol. The number of nitrogens with zero attached hydrogens (tertiary/aromatic N) is 1. The molecule has 0 aliphatic rings. The van der Waals surface area contributed by atoms with E-state index in [1.54, 1.807) is 31.4 Å². The number of amides is 1. The van der Waals surface area contributed by atoms with Gasteiger partial charge in [0.1, 0.15) is 11.5 Å². The van der Waals surface area contributed by atoms with Crippen LogP contribution in [0.25, 0.3) is 0 Å². The fraction of sp³-hybridized carbons (Fsp3) is 0.278. The van der Waals surface area contributed by atoms with Crippen molar-refractivity contribution in [3.8, 4) is 11.5 Å². The molecule has 0 aliphatic heterocycles. The molecule has 0 spiro atoms. The van der Waals surface area contributed by atoms with E-state index in [4.69, 9.17) is 9.47 Å². The zero-order valence-corrected chi connectivity index (χ0v) is 15.7. The summed E-state index contributed by atoms with van der Waals surface area (Å²) in [5, 5.41) is 2.70. The topological polar surface area (TPSA) is 84.9 Å². The van der Waals surface area contributed by atoms with Gasteiger partial charge in [-0.05, 0) is 42.0 Å². The van der Waals surface area contributed by atoms with Gasteiger partial charge in [0.05, 0.1) is 25.7 Å². The molecule has 0 atom stereocenters. The van der Waals surface area contributed by atoms with E-state index < -0.39 is 10.0 Å². The predicted molar refractivity (Wildman–Crippen MR) is 97.7 cm³/mol. The predicted octanol–water partition coefficient (Wildman–Crippen LogP) is 1.64. The number of nitrogens with one attached hydrogen (secondary N) is 1. The van der Waals surface area contributed by atoms with E-state index >= 15 is 0 Å². The van der Waals surface area contributed by atoms with Crippen LogP contribution in [0.1, 0.15) is 5.56 Å². The molecule has 0 bridgehead atoms. The first-order valence-electron chi connectivity index (χ1n) is 7.87. The summed E-state index contributed by atoms with van der Waals surface area (Å²) in [6.07, 6.45) is 0. The third kappa shape index (κ3) is 4.96. The van der Waals surface area contributed by atoms with Gasteiger partial charge < -0.3 is 14.8 Å². The molecular formula is C18H22N2O5S. The first-order chi connectivity index (χ1) is 12.4. The number of benzene rings is 2. The van der Waals surface area contributed by atoms with Crippen LogP contribution in [0.15, 0.2) is 53.4 Å². The molecule has 26 heavy (non-hydrogen) atoms. The van der Waals surface area contributed by atoms with Gasteiger partial charge in [0.15, 0.2) is 0 Å². The molecule has 0 aromatic heterocycles. The van der Waals surface area contributed by atoms with Gasteiger partial charge >= 0.3 is 0 Å². The van der Waals surface area contributed by atoms with Gasteiger partial charge in [-0.2, -0.15) is 4.31 Å². The minimum atomic E-state index is -3.75. The molecule has 8 heteroatoms. The van der Waals surface area contributed by atoms with Crippen LogP contribution in [0.5, 0.6) is 11.5 Å². The maximum absolute atomic E-state index is 12.5. The number of sulfonamides is 1. The van der Waals surface area contributed by atoms with Crippen molar-refractivity contribution in [3.63, 3.8) is 0 Å². The first kappa shape index (κ1) is 19.7. The molecule has 2 aromatic carbocycles. The first-order valence-corrected chi connectivity index (χ1v) is 9.31. The number of likely N-dealkylation sites (N-methyl/N-ethyl adjacent to an activating group) is 1. The fourth-order valence-corrected chi connectivity index (χ4v) is 3.34. The van der Waals surface area contributed by atoms with Gasteiger partial charge in [0, 0.05) is 13.6 Å². The SMILES string of the molecule is COc1ccc(CNC(=O)CN(C)S(=O)(=O)c2ccc(OC)cc2)cc1. The quantitative estimate of drug-likeness (QED) is 0.755. The van der Waals surface area contributed by atoms with Crippen molar-refractivity contribution in [3.05, 3.63) is 54.1 Å². The normalized spacial score (nSPS) is 11.2. The molecule has 0 aliphatic carbocycles. The van der Waals surface area contributed by atoms with Crippen molar-refractivity contribution in [2.24, 2.45) is 0 Å². The summed E-state index contributed by atoms with van der Waals surface area (Å²) in [6.45, 7) is 0.0315. The van der Waals surface area contributed by atoms with Gasteiger partial charge in [-0.3, -0.25) is 4.79 Å². The lowest BCUT2D eigenvalue weighted by atomic mass is 10.2. The summed E-state index contributed by atoms with van der Waals surface area (Å²) in [6, 6.07) is 13.3. The average molecular weight is 378 g/mol. The van der Waals surface area contributed by atoms with Crippen LogP contribution in [0, 0.1) is 0 Å². The highest BCUT2D eigenvalue weighted by atomic mass is 32.2. The van der Waals surface area contributed by atoms with E-state index in [0.717, 1.165) is 15.6 Å². The summed E-state index contributed by atoms with van der Waals surface area (Å²) in [5.74, 6) is 0.898. The second-order valence-corrected chi connectivity index (χ2v) is 7.61. The number of methoxy groups -OCH3 is 2. The number of ether oxygens (including phenoxy) is 2. The minimum Gasteiger partial charge on any atom is -0.497 e. The van der Waals surface area contributed by atoms with Crippen LogP contribution in [0.3, 0.4) is 0 Å². The molecule has 0 radical (unpaired) electrons. The second-order valence-electron chi connectivity index (χ2n) is 5.56. The molecule has 2 rings (SSSR count). The highest BCUT2D eigenvalue weighted by Crippen LogP contribution is 2.18. The van der Waals surface area contributed by atoms with Gasteiger partial charge in [0.2, 0.25) is 15.9 Å². The summed E-state index contributed by atoms with van der Waals surface area (Å²) in [5.41, 5.74) is 0.889. The van der Waals surface area contributed by atoms with Crippen LogP contribution >= 0.6 is 0 Å². The Bertz CT molecular complexity index is 833. The number of carbonyl (C=O) groups excluding carboxylic acids is 1. The van der Waals surface area contributed by atoms with E-state index in [1.165, 1.54) is 26.3 Å². The molecule has 0 saturated heterocycles. The van der Waals surface area contributed by atoms with Crippen LogP contribution in [-0.4, -0.2) is 46.4 Å². The van der Waals surface area contributed by atoms with Gasteiger partial charge in [-0.25, -0.2) is 8.42 Å². The minimum absolute atomic E-state index is 0.101. The maximum atomic E-state index is 12.5. The van der Waals surface area contributed by atoms with Crippen LogP contribution in [-0.2, 0) is 21.4 Å². The molecule has 0 unspecified atom stereocenters. The molecule has 0 heterocycles. The molecule has 0 fully saturated rings. The Morgan fingerprint density at radius 3 is 1.96 bits per heavy atom. The van der Waals surface area contributed by atoms with Gasteiger partial charge in [-0.15, -0.1) is 0 Å². The van der Waals surface area contributed by atoms with Gasteiger partial charge in [0.25, 0.3) is 0 Å². The number of hydrogen-bond acceptors (Lipinski definition) is 5. The summed E-state index contributed by atoms with van der Waals surface area (Å²) >= 11 is 0. The summed E-state index contributed by atoms with van der Waals surface area (Å²) in [4.78, 5) is 12.2. The molecule has 7 nitrogen and oxygen atoms in total. The fourth-order valence-electron chi connectivity index (χ4n) is 2.21. The molecule has 2 aromatic rings. The van der Waals surface area contributed by atoms with E-state index in [-0.39, 0.29) is 17.3 Å². The zero-order chi connectivity index (χ0) is 19.2. The van der Waals surface area contributed by atoms with Crippen molar-refractivity contribution in [2.45, 2.75) is 11.4 Å². The second kappa shape index (κ2) is 8.68. The Morgan fingerprint density at radius 2 is 1.46 bits per heavy atom. The van der Waals surface area contributed by atoms with Crippen molar-refractivity contribution >= 4 is 15.9 Å². The van der Waals surface area contributed by atoms with Crippen molar-refractivity contribution in [1.29, 1.82) is 0 Å². The third-order valence-corrected chi connectivity index (χ3v) is 5.60. The van der Waals surface area contributed by atoms with E-state index in [0.29, 0.717) is 12.3 Å². The average Bonchev–Trinajstić information content (AvgIpc) is 2.66. The number of rotatable bonds is 8. The van der Waals surface area contributed by atoms with Crippen LogP contribution < -0.4 is 14.8 Å². The largest absolute Gasteiger partial charge is 0.497 e. The number of carbonyl (C=O) groups is 1. The van der Waals surface area contributed by atoms with Crippen molar-refractivity contribution in [1.82, 2.24) is 9.62 Å². The Kier molecular flexibility index (Phi) is 6.59. The molecular weight excluding hydrogens is 356 g/mol. The van der Waals surface area contributed by atoms with Crippen LogP contribution in [0.4, 0.5) is 0 Å². The maximum Gasteiger partial charge on any atom is 0.243 e. The third-order valence-electron chi connectivity index (χ3n) is 3.78. The molecule has 1 amide bonds. The smallest absolute Gasteiger partial charge is 0.243 e. The van der Waals surface area contributed by atoms with Gasteiger partial charge in [-0.1, -0.05) is 12.1 Å². The highest BCUT2D eigenvalue weighted by Gasteiger charge is 2.22. The van der Waals surface area contributed by atoms with Crippen molar-refractivity contribution in [2.75, 3.05) is 27.8 Å². The summed E-state index contributed by atoms with van der Waals surface area (Å²) in [7, 11) is 0.699. The zero-order valence-electron chi connectivity index (χ0n) is 14.9. The Labute approximate surface area is 153 Å².